The second-order valence-electron chi connectivity index (χ2n) is 5.27. The van der Waals surface area contributed by atoms with E-state index in [0.717, 1.165) is 36.0 Å². The average molecular weight is 378 g/mol. The number of rotatable bonds is 5. The zero-order chi connectivity index (χ0) is 14.4. The molecular weight excluding hydrogens is 356 g/mol. The first-order chi connectivity index (χ1) is 9.66. The summed E-state index contributed by atoms with van der Waals surface area (Å²) in [5.41, 5.74) is 0.720. The summed E-state index contributed by atoms with van der Waals surface area (Å²) in [6, 6.07) is 7.99. The van der Waals surface area contributed by atoms with Crippen molar-refractivity contribution in [3.63, 3.8) is 0 Å². The van der Waals surface area contributed by atoms with Crippen molar-refractivity contribution in [1.82, 2.24) is 10.6 Å². The van der Waals surface area contributed by atoms with Gasteiger partial charge in [0.1, 0.15) is 0 Å². The van der Waals surface area contributed by atoms with Crippen LogP contribution in [-0.2, 0) is 16.1 Å². The van der Waals surface area contributed by atoms with E-state index in [1.165, 1.54) is 0 Å². The third kappa shape index (κ3) is 4.95. The van der Waals surface area contributed by atoms with E-state index < -0.39 is 0 Å². The van der Waals surface area contributed by atoms with Crippen LogP contribution in [0.5, 0.6) is 0 Å². The molecule has 1 aliphatic heterocycles. The molecule has 0 aliphatic carbocycles. The van der Waals surface area contributed by atoms with Gasteiger partial charge in [0.05, 0.1) is 12.0 Å². The van der Waals surface area contributed by atoms with Crippen LogP contribution in [0.3, 0.4) is 0 Å². The van der Waals surface area contributed by atoms with Crippen LogP contribution in [0.1, 0.15) is 18.4 Å². The first kappa shape index (κ1) is 18.4. The Morgan fingerprint density at radius 3 is 2.52 bits per heavy atom. The molecule has 0 radical (unpaired) electrons. The molecule has 1 fully saturated rings. The van der Waals surface area contributed by atoms with Crippen LogP contribution in [0.15, 0.2) is 28.7 Å². The van der Waals surface area contributed by atoms with Crippen molar-refractivity contribution in [3.05, 3.63) is 34.3 Å². The maximum Gasteiger partial charge on any atom is 0.228 e. The van der Waals surface area contributed by atoms with Gasteiger partial charge in [0, 0.05) is 18.1 Å². The molecule has 1 aliphatic rings. The van der Waals surface area contributed by atoms with E-state index in [9.17, 15) is 4.79 Å². The molecule has 0 aromatic heterocycles. The molecule has 0 atom stereocenters. The summed E-state index contributed by atoms with van der Waals surface area (Å²) in [5, 5.41) is 6.34. The second kappa shape index (κ2) is 8.73. The fourth-order valence-electron chi connectivity index (χ4n) is 2.59. The van der Waals surface area contributed by atoms with Crippen LogP contribution in [0, 0.1) is 5.41 Å². The summed E-state index contributed by atoms with van der Waals surface area (Å²) in [5.74, 6) is 0.101. The summed E-state index contributed by atoms with van der Waals surface area (Å²) >= 11 is 3.41. The number of ether oxygens (including phenoxy) is 1. The Morgan fingerprint density at radius 2 is 1.95 bits per heavy atom. The van der Waals surface area contributed by atoms with Crippen molar-refractivity contribution >= 4 is 34.2 Å². The van der Waals surface area contributed by atoms with Crippen molar-refractivity contribution in [2.24, 2.45) is 5.41 Å². The summed E-state index contributed by atoms with van der Waals surface area (Å²) in [4.78, 5) is 12.5. The van der Waals surface area contributed by atoms with E-state index in [4.69, 9.17) is 4.74 Å². The molecule has 118 valence electrons. The first-order valence-electron chi connectivity index (χ1n) is 6.89. The molecule has 1 heterocycles. The van der Waals surface area contributed by atoms with Gasteiger partial charge < -0.3 is 15.4 Å². The maximum absolute atomic E-state index is 12.5. The predicted molar refractivity (Wildman–Crippen MR) is 89.6 cm³/mol. The number of halogens is 2. The van der Waals surface area contributed by atoms with E-state index in [-0.39, 0.29) is 23.7 Å². The highest BCUT2D eigenvalue weighted by molar-refractivity contribution is 9.10. The highest BCUT2D eigenvalue weighted by Crippen LogP contribution is 2.29. The Hall–Kier alpha value is -0.620. The third-order valence-corrected chi connectivity index (χ3v) is 4.36. The lowest BCUT2D eigenvalue weighted by atomic mass is 9.78. The lowest BCUT2D eigenvalue weighted by molar-refractivity contribution is -0.136. The number of piperidine rings is 1. The fraction of sp³-hybridized carbons (Fsp3) is 0.533. The van der Waals surface area contributed by atoms with Crippen molar-refractivity contribution in [2.45, 2.75) is 19.4 Å². The molecule has 1 saturated heterocycles. The number of carbonyl (C=O) groups is 1. The van der Waals surface area contributed by atoms with Gasteiger partial charge in [0.2, 0.25) is 5.91 Å². The Morgan fingerprint density at radius 1 is 1.33 bits per heavy atom. The van der Waals surface area contributed by atoms with Gasteiger partial charge in [-0.15, -0.1) is 12.4 Å². The normalized spacial score (nSPS) is 16.9. The first-order valence-corrected chi connectivity index (χ1v) is 7.68. The topological polar surface area (TPSA) is 50.4 Å². The minimum absolute atomic E-state index is 0. The molecule has 1 aromatic carbocycles. The van der Waals surface area contributed by atoms with E-state index in [1.54, 1.807) is 7.11 Å². The number of methoxy groups -OCH3 is 1. The molecule has 4 nitrogen and oxygen atoms in total. The number of hydrogen-bond acceptors (Lipinski definition) is 3. The van der Waals surface area contributed by atoms with Crippen LogP contribution in [-0.4, -0.2) is 32.7 Å². The van der Waals surface area contributed by atoms with E-state index in [1.807, 2.05) is 24.3 Å². The molecule has 1 amide bonds. The molecule has 0 saturated carbocycles. The van der Waals surface area contributed by atoms with Crippen LogP contribution >= 0.6 is 28.3 Å². The lowest BCUT2D eigenvalue weighted by Crippen LogP contribution is -2.49. The molecule has 2 rings (SSSR count). The minimum atomic E-state index is -0.380. The van der Waals surface area contributed by atoms with Gasteiger partial charge in [-0.05, 0) is 43.6 Å². The quantitative estimate of drug-likeness (QED) is 0.829. The van der Waals surface area contributed by atoms with Crippen LogP contribution in [0.2, 0.25) is 0 Å². The Balaban J connectivity index is 0.00000220. The summed E-state index contributed by atoms with van der Waals surface area (Å²) < 4.78 is 6.32. The maximum atomic E-state index is 12.5. The van der Waals surface area contributed by atoms with Crippen LogP contribution in [0.4, 0.5) is 0 Å². The third-order valence-electron chi connectivity index (χ3n) is 3.83. The number of carbonyl (C=O) groups excluding carboxylic acids is 1. The molecule has 0 spiro atoms. The van der Waals surface area contributed by atoms with Crippen LogP contribution in [0.25, 0.3) is 0 Å². The SMILES string of the molecule is COCC1(C(=O)NCc2ccc(Br)cc2)CCNCC1.Cl. The molecule has 0 unspecified atom stereocenters. The van der Waals surface area contributed by atoms with Crippen molar-refractivity contribution in [2.75, 3.05) is 26.8 Å². The van der Waals surface area contributed by atoms with Gasteiger partial charge in [0.25, 0.3) is 0 Å². The van der Waals surface area contributed by atoms with Gasteiger partial charge >= 0.3 is 0 Å². The fourth-order valence-corrected chi connectivity index (χ4v) is 2.86. The zero-order valence-electron chi connectivity index (χ0n) is 12.2. The lowest BCUT2D eigenvalue weighted by Gasteiger charge is -2.35. The summed E-state index contributed by atoms with van der Waals surface area (Å²) in [6.45, 7) is 2.79. The molecule has 1 aromatic rings. The monoisotopic (exact) mass is 376 g/mol. The standard InChI is InChI=1S/C15H21BrN2O2.ClH/c1-20-11-15(6-8-17-9-7-15)14(19)18-10-12-2-4-13(16)5-3-12;/h2-5,17H,6-11H2,1H3,(H,18,19);1H. The molecule has 21 heavy (non-hydrogen) atoms. The predicted octanol–water partition coefficient (Wildman–Crippen LogP) is 2.50. The van der Waals surface area contributed by atoms with Gasteiger partial charge in [0.15, 0.2) is 0 Å². The molecule has 6 heteroatoms. The average Bonchev–Trinajstić information content (AvgIpc) is 2.47. The van der Waals surface area contributed by atoms with Gasteiger partial charge in [-0.2, -0.15) is 0 Å². The highest BCUT2D eigenvalue weighted by atomic mass is 79.9. The Labute approximate surface area is 140 Å². The van der Waals surface area contributed by atoms with Crippen molar-refractivity contribution in [3.8, 4) is 0 Å². The smallest absolute Gasteiger partial charge is 0.228 e. The highest BCUT2D eigenvalue weighted by Gasteiger charge is 2.39. The van der Waals surface area contributed by atoms with Crippen molar-refractivity contribution < 1.29 is 9.53 Å². The van der Waals surface area contributed by atoms with Gasteiger partial charge in [-0.25, -0.2) is 0 Å². The van der Waals surface area contributed by atoms with Crippen molar-refractivity contribution in [1.29, 1.82) is 0 Å². The Bertz CT molecular complexity index is 442. The molecule has 0 bridgehead atoms. The van der Waals surface area contributed by atoms with E-state index in [2.05, 4.69) is 26.6 Å². The van der Waals surface area contributed by atoms with Crippen LogP contribution < -0.4 is 10.6 Å². The zero-order valence-corrected chi connectivity index (χ0v) is 14.6. The van der Waals surface area contributed by atoms with Gasteiger partial charge in [-0.1, -0.05) is 28.1 Å². The number of nitrogens with one attached hydrogen (secondary N) is 2. The number of benzene rings is 1. The second-order valence-corrected chi connectivity index (χ2v) is 6.19. The summed E-state index contributed by atoms with van der Waals surface area (Å²) in [7, 11) is 1.66. The number of hydrogen-bond donors (Lipinski definition) is 2. The summed E-state index contributed by atoms with van der Waals surface area (Å²) in [6.07, 6.45) is 1.65. The van der Waals surface area contributed by atoms with E-state index >= 15 is 0 Å². The molecule has 2 N–H and O–H groups in total. The molecular formula is C15H22BrClN2O2. The van der Waals surface area contributed by atoms with E-state index in [0.29, 0.717) is 13.2 Å². The number of amides is 1. The Kier molecular flexibility index (Phi) is 7.66. The minimum Gasteiger partial charge on any atom is -0.384 e. The van der Waals surface area contributed by atoms with Gasteiger partial charge in [-0.3, -0.25) is 4.79 Å². The largest absolute Gasteiger partial charge is 0.384 e.